The van der Waals surface area contributed by atoms with Crippen molar-refractivity contribution in [2.45, 2.75) is 19.6 Å². The van der Waals surface area contributed by atoms with Gasteiger partial charge in [-0.15, -0.1) is 0 Å². The second-order valence-electron chi connectivity index (χ2n) is 7.27. The molecule has 8 heteroatoms. The fourth-order valence-electron chi connectivity index (χ4n) is 3.25. The van der Waals surface area contributed by atoms with E-state index < -0.39 is 22.0 Å². The maximum atomic E-state index is 12.9. The molecule has 0 aliphatic heterocycles. The molecule has 1 unspecified atom stereocenters. The van der Waals surface area contributed by atoms with Crippen molar-refractivity contribution >= 4 is 27.3 Å². The van der Waals surface area contributed by atoms with Crippen molar-refractivity contribution in [3.63, 3.8) is 0 Å². The van der Waals surface area contributed by atoms with Gasteiger partial charge in [0.15, 0.2) is 0 Å². The van der Waals surface area contributed by atoms with E-state index in [1.807, 2.05) is 36.4 Å². The maximum absolute atomic E-state index is 12.9. The lowest BCUT2D eigenvalue weighted by molar-refractivity contribution is -0.116. The van der Waals surface area contributed by atoms with Crippen LogP contribution in [0.4, 0.5) is 11.4 Å². The van der Waals surface area contributed by atoms with E-state index in [4.69, 9.17) is 9.47 Å². The summed E-state index contributed by atoms with van der Waals surface area (Å²) in [5.41, 5.74) is 1.83. The van der Waals surface area contributed by atoms with Crippen molar-refractivity contribution in [1.82, 2.24) is 0 Å². The van der Waals surface area contributed by atoms with Crippen LogP contribution in [0.1, 0.15) is 12.5 Å². The van der Waals surface area contributed by atoms with Gasteiger partial charge in [0.25, 0.3) is 0 Å². The van der Waals surface area contributed by atoms with E-state index >= 15 is 0 Å². The second kappa shape index (κ2) is 10.3. The molecule has 0 bridgehead atoms. The highest BCUT2D eigenvalue weighted by Gasteiger charge is 2.29. The van der Waals surface area contributed by atoms with Gasteiger partial charge in [-0.3, -0.25) is 9.10 Å². The molecule has 0 aliphatic carbocycles. The number of hydrogen-bond acceptors (Lipinski definition) is 5. The second-order valence-corrected chi connectivity index (χ2v) is 9.13. The number of methoxy groups -OCH3 is 1. The highest BCUT2D eigenvalue weighted by molar-refractivity contribution is 7.92. The van der Waals surface area contributed by atoms with Crippen LogP contribution in [0.5, 0.6) is 11.5 Å². The summed E-state index contributed by atoms with van der Waals surface area (Å²) in [6, 6.07) is 22.1. The van der Waals surface area contributed by atoms with Gasteiger partial charge in [-0.1, -0.05) is 30.3 Å². The molecule has 1 N–H and O–H groups in total. The summed E-state index contributed by atoms with van der Waals surface area (Å²) in [6.45, 7) is 1.95. The van der Waals surface area contributed by atoms with Crippen molar-refractivity contribution in [2.24, 2.45) is 0 Å². The van der Waals surface area contributed by atoms with Crippen LogP contribution in [-0.4, -0.2) is 33.7 Å². The molecule has 0 aromatic heterocycles. The minimum absolute atomic E-state index is 0.365. The summed E-state index contributed by atoms with van der Waals surface area (Å²) < 4.78 is 37.0. The van der Waals surface area contributed by atoms with Crippen LogP contribution in [0.2, 0.25) is 0 Å². The average Bonchev–Trinajstić information content (AvgIpc) is 2.75. The van der Waals surface area contributed by atoms with Gasteiger partial charge in [-0.25, -0.2) is 8.42 Å². The largest absolute Gasteiger partial charge is 0.457 e. The van der Waals surface area contributed by atoms with Crippen LogP contribution >= 0.6 is 0 Å². The molecule has 3 aromatic carbocycles. The van der Waals surface area contributed by atoms with E-state index in [1.54, 1.807) is 56.5 Å². The Kier molecular flexibility index (Phi) is 7.50. The topological polar surface area (TPSA) is 84.9 Å². The van der Waals surface area contributed by atoms with Crippen molar-refractivity contribution in [2.75, 3.05) is 23.0 Å². The number of carbonyl (C=O) groups is 1. The highest BCUT2D eigenvalue weighted by atomic mass is 32.2. The molecule has 0 spiro atoms. The Labute approximate surface area is 188 Å². The summed E-state index contributed by atoms with van der Waals surface area (Å²) in [6.07, 6.45) is 1.07. The molecule has 1 amide bonds. The van der Waals surface area contributed by atoms with Gasteiger partial charge in [0.05, 0.1) is 18.6 Å². The minimum atomic E-state index is -3.73. The van der Waals surface area contributed by atoms with Crippen LogP contribution < -0.4 is 14.4 Å². The van der Waals surface area contributed by atoms with Crippen molar-refractivity contribution in [1.29, 1.82) is 0 Å². The molecule has 0 saturated heterocycles. The Balaban J connectivity index is 1.78. The number of rotatable bonds is 9. The van der Waals surface area contributed by atoms with Crippen LogP contribution in [-0.2, 0) is 26.2 Å². The number of sulfonamides is 1. The summed E-state index contributed by atoms with van der Waals surface area (Å²) in [7, 11) is -2.14. The van der Waals surface area contributed by atoms with E-state index in [2.05, 4.69) is 5.32 Å². The number of anilines is 2. The van der Waals surface area contributed by atoms with Crippen LogP contribution in [0, 0.1) is 0 Å². The zero-order chi connectivity index (χ0) is 23.1. The van der Waals surface area contributed by atoms with Crippen molar-refractivity contribution in [3.05, 3.63) is 84.4 Å². The first kappa shape index (κ1) is 23.3. The van der Waals surface area contributed by atoms with Crippen LogP contribution in [0.25, 0.3) is 0 Å². The number of amides is 1. The minimum Gasteiger partial charge on any atom is -0.457 e. The Morgan fingerprint density at radius 2 is 1.62 bits per heavy atom. The molecular weight excluding hydrogens is 428 g/mol. The summed E-state index contributed by atoms with van der Waals surface area (Å²) in [5, 5.41) is 2.78. The molecule has 32 heavy (non-hydrogen) atoms. The molecule has 0 saturated carbocycles. The number of benzene rings is 3. The average molecular weight is 455 g/mol. The molecule has 0 radical (unpaired) electrons. The third kappa shape index (κ3) is 6.09. The highest BCUT2D eigenvalue weighted by Crippen LogP contribution is 2.27. The Bertz CT molecular complexity index is 1150. The number of hydrogen-bond donors (Lipinski definition) is 1. The predicted octanol–water partition coefficient (Wildman–Crippen LogP) is 4.42. The van der Waals surface area contributed by atoms with Gasteiger partial charge in [-0.2, -0.15) is 0 Å². The molecule has 0 fully saturated rings. The standard InChI is InChI=1S/C24H26N2O5S/c1-18(24(27)25-20-9-7-8-19(16-20)17-30-2)26(32(3,28)29)21-12-14-23(15-13-21)31-22-10-5-4-6-11-22/h4-16,18H,17H2,1-3H3,(H,25,27). The molecule has 3 rings (SSSR count). The van der Waals surface area contributed by atoms with Gasteiger partial charge in [-0.05, 0) is 61.0 Å². The Morgan fingerprint density at radius 3 is 2.25 bits per heavy atom. The van der Waals surface area contributed by atoms with Gasteiger partial charge in [0, 0.05) is 12.8 Å². The van der Waals surface area contributed by atoms with E-state index in [1.165, 1.54) is 0 Å². The number of ether oxygens (including phenoxy) is 2. The van der Waals surface area contributed by atoms with Gasteiger partial charge in [0.2, 0.25) is 15.9 Å². The van der Waals surface area contributed by atoms with E-state index in [0.29, 0.717) is 29.5 Å². The zero-order valence-corrected chi connectivity index (χ0v) is 19.0. The number of nitrogens with zero attached hydrogens (tertiary/aromatic N) is 1. The number of para-hydroxylation sites is 1. The molecular formula is C24H26N2O5S. The fourth-order valence-corrected chi connectivity index (χ4v) is 4.42. The van der Waals surface area contributed by atoms with Crippen LogP contribution in [0.3, 0.4) is 0 Å². The molecule has 7 nitrogen and oxygen atoms in total. The van der Waals surface area contributed by atoms with E-state index in [9.17, 15) is 13.2 Å². The first-order chi connectivity index (χ1) is 15.3. The summed E-state index contributed by atoms with van der Waals surface area (Å²) >= 11 is 0. The fraction of sp³-hybridized carbons (Fsp3) is 0.208. The lowest BCUT2D eigenvalue weighted by Crippen LogP contribution is -2.45. The lowest BCUT2D eigenvalue weighted by Gasteiger charge is -2.28. The summed E-state index contributed by atoms with van der Waals surface area (Å²) in [4.78, 5) is 12.9. The van der Waals surface area contributed by atoms with E-state index in [-0.39, 0.29) is 0 Å². The van der Waals surface area contributed by atoms with Crippen molar-refractivity contribution in [3.8, 4) is 11.5 Å². The van der Waals surface area contributed by atoms with E-state index in [0.717, 1.165) is 16.1 Å². The molecule has 3 aromatic rings. The third-order valence-electron chi connectivity index (χ3n) is 4.66. The first-order valence-corrected chi connectivity index (χ1v) is 11.8. The van der Waals surface area contributed by atoms with Gasteiger partial charge in [0.1, 0.15) is 17.5 Å². The SMILES string of the molecule is COCc1cccc(NC(=O)C(C)N(c2ccc(Oc3ccccc3)cc2)S(C)(=O)=O)c1. The smallest absolute Gasteiger partial charge is 0.247 e. The molecule has 1 atom stereocenters. The third-order valence-corrected chi connectivity index (χ3v) is 5.91. The maximum Gasteiger partial charge on any atom is 0.247 e. The zero-order valence-electron chi connectivity index (χ0n) is 18.2. The monoisotopic (exact) mass is 454 g/mol. The molecule has 168 valence electrons. The molecule has 0 heterocycles. The van der Waals surface area contributed by atoms with Gasteiger partial charge < -0.3 is 14.8 Å². The van der Waals surface area contributed by atoms with Gasteiger partial charge >= 0.3 is 0 Å². The Morgan fingerprint density at radius 1 is 0.969 bits per heavy atom. The number of carbonyl (C=O) groups excluding carboxylic acids is 1. The quantitative estimate of drug-likeness (QED) is 0.517. The normalized spacial score (nSPS) is 12.1. The molecule has 0 aliphatic rings. The number of nitrogens with one attached hydrogen (secondary N) is 1. The van der Waals surface area contributed by atoms with Crippen molar-refractivity contribution < 1.29 is 22.7 Å². The lowest BCUT2D eigenvalue weighted by atomic mass is 10.2. The Hall–Kier alpha value is -3.36. The summed E-state index contributed by atoms with van der Waals surface area (Å²) in [5.74, 6) is 0.777. The first-order valence-electron chi connectivity index (χ1n) is 9.99. The predicted molar refractivity (Wildman–Crippen MR) is 126 cm³/mol. The van der Waals surface area contributed by atoms with Crippen LogP contribution in [0.15, 0.2) is 78.9 Å².